The normalized spacial score (nSPS) is 23.4. The molecule has 1 heterocycles. The zero-order valence-electron chi connectivity index (χ0n) is 9.56. The largest absolute Gasteiger partial charge is 0.380 e. The summed E-state index contributed by atoms with van der Waals surface area (Å²) in [5.41, 5.74) is 0. The summed E-state index contributed by atoms with van der Waals surface area (Å²) in [7, 11) is 0. The lowest BCUT2D eigenvalue weighted by molar-refractivity contribution is 0.119. The Morgan fingerprint density at radius 1 is 1.21 bits per heavy atom. The Labute approximate surface area is 88.4 Å². The molecule has 0 aromatic carbocycles. The Hall–Kier alpha value is -0.0800. The molecule has 0 bridgehead atoms. The van der Waals surface area contributed by atoms with Gasteiger partial charge in [-0.05, 0) is 12.3 Å². The van der Waals surface area contributed by atoms with Crippen LogP contribution >= 0.6 is 0 Å². The van der Waals surface area contributed by atoms with Gasteiger partial charge in [0, 0.05) is 13.1 Å². The van der Waals surface area contributed by atoms with E-state index < -0.39 is 0 Å². The fourth-order valence-electron chi connectivity index (χ4n) is 1.98. The Balaban J connectivity index is 1.93. The highest BCUT2D eigenvalue weighted by atomic mass is 16.5. The number of nitrogens with one attached hydrogen (secondary N) is 1. The predicted octanol–water partition coefficient (Wildman–Crippen LogP) is 2.58. The van der Waals surface area contributed by atoms with Crippen molar-refractivity contribution in [1.82, 2.24) is 5.32 Å². The number of ether oxygens (including phenoxy) is 1. The lowest BCUT2D eigenvalue weighted by Gasteiger charge is -2.12. The first-order valence-corrected chi connectivity index (χ1v) is 6.22. The molecular formula is C12H25NO. The van der Waals surface area contributed by atoms with Gasteiger partial charge in [0.15, 0.2) is 0 Å². The molecule has 84 valence electrons. The molecule has 1 aliphatic heterocycles. The molecule has 0 saturated carbocycles. The second-order valence-electron chi connectivity index (χ2n) is 4.35. The average Bonchev–Trinajstić information content (AvgIpc) is 2.46. The van der Waals surface area contributed by atoms with Gasteiger partial charge in [-0.2, -0.15) is 0 Å². The van der Waals surface area contributed by atoms with E-state index in [4.69, 9.17) is 4.74 Å². The van der Waals surface area contributed by atoms with Crippen LogP contribution in [0.3, 0.4) is 0 Å². The third-order valence-corrected chi connectivity index (χ3v) is 2.93. The highest BCUT2D eigenvalue weighted by molar-refractivity contribution is 4.65. The van der Waals surface area contributed by atoms with Gasteiger partial charge in [0.25, 0.3) is 0 Å². The highest BCUT2D eigenvalue weighted by Crippen LogP contribution is 2.12. The Morgan fingerprint density at radius 2 is 2.07 bits per heavy atom. The van der Waals surface area contributed by atoms with E-state index in [-0.39, 0.29) is 0 Å². The van der Waals surface area contributed by atoms with Crippen LogP contribution in [0.15, 0.2) is 0 Å². The molecule has 0 radical (unpaired) electrons. The van der Waals surface area contributed by atoms with Gasteiger partial charge < -0.3 is 10.1 Å². The first-order valence-electron chi connectivity index (χ1n) is 6.22. The number of unbranched alkanes of at least 4 members (excludes halogenated alkanes) is 4. The van der Waals surface area contributed by atoms with Gasteiger partial charge in [-0.15, -0.1) is 0 Å². The SMILES string of the molecule is CCCCCCCC1CNCCOC1. The summed E-state index contributed by atoms with van der Waals surface area (Å²) in [4.78, 5) is 0. The van der Waals surface area contributed by atoms with Crippen molar-refractivity contribution in [3.8, 4) is 0 Å². The molecule has 0 amide bonds. The quantitative estimate of drug-likeness (QED) is 0.664. The predicted molar refractivity (Wildman–Crippen MR) is 60.6 cm³/mol. The van der Waals surface area contributed by atoms with Crippen LogP contribution in [-0.2, 0) is 4.74 Å². The van der Waals surface area contributed by atoms with Gasteiger partial charge >= 0.3 is 0 Å². The number of hydrogen-bond acceptors (Lipinski definition) is 2. The minimum atomic E-state index is 0.763. The van der Waals surface area contributed by atoms with Gasteiger partial charge in [0.1, 0.15) is 0 Å². The average molecular weight is 199 g/mol. The second-order valence-corrected chi connectivity index (χ2v) is 4.35. The number of rotatable bonds is 6. The minimum Gasteiger partial charge on any atom is -0.380 e. The second kappa shape index (κ2) is 8.25. The Morgan fingerprint density at radius 3 is 2.93 bits per heavy atom. The Kier molecular flexibility index (Phi) is 7.06. The zero-order valence-corrected chi connectivity index (χ0v) is 9.56. The molecule has 2 nitrogen and oxygen atoms in total. The van der Waals surface area contributed by atoms with Crippen LogP contribution in [0, 0.1) is 5.92 Å². The molecule has 1 unspecified atom stereocenters. The van der Waals surface area contributed by atoms with E-state index in [1.807, 2.05) is 0 Å². The van der Waals surface area contributed by atoms with E-state index in [0.29, 0.717) is 0 Å². The Bertz CT molecular complexity index is 119. The van der Waals surface area contributed by atoms with Crippen LogP contribution in [-0.4, -0.2) is 26.3 Å². The molecule has 14 heavy (non-hydrogen) atoms. The van der Waals surface area contributed by atoms with E-state index in [9.17, 15) is 0 Å². The zero-order chi connectivity index (χ0) is 10.1. The van der Waals surface area contributed by atoms with Gasteiger partial charge in [0.05, 0.1) is 13.2 Å². The van der Waals surface area contributed by atoms with Crippen molar-refractivity contribution in [2.75, 3.05) is 26.3 Å². The van der Waals surface area contributed by atoms with Crippen molar-refractivity contribution in [3.63, 3.8) is 0 Å². The summed E-state index contributed by atoms with van der Waals surface area (Å²) >= 11 is 0. The van der Waals surface area contributed by atoms with E-state index in [0.717, 1.165) is 32.2 Å². The lowest BCUT2D eigenvalue weighted by atomic mass is 10.0. The minimum absolute atomic E-state index is 0.763. The van der Waals surface area contributed by atoms with Crippen LogP contribution in [0.4, 0.5) is 0 Å². The van der Waals surface area contributed by atoms with Gasteiger partial charge in [0.2, 0.25) is 0 Å². The van der Waals surface area contributed by atoms with E-state index in [2.05, 4.69) is 12.2 Å². The first-order chi connectivity index (χ1) is 6.93. The van der Waals surface area contributed by atoms with Crippen LogP contribution in [0.25, 0.3) is 0 Å². The summed E-state index contributed by atoms with van der Waals surface area (Å²) in [6.45, 7) is 6.33. The van der Waals surface area contributed by atoms with E-state index in [1.165, 1.54) is 38.5 Å². The van der Waals surface area contributed by atoms with Crippen molar-refractivity contribution >= 4 is 0 Å². The van der Waals surface area contributed by atoms with Crippen molar-refractivity contribution in [2.45, 2.75) is 45.4 Å². The topological polar surface area (TPSA) is 21.3 Å². The highest BCUT2D eigenvalue weighted by Gasteiger charge is 2.11. The van der Waals surface area contributed by atoms with E-state index in [1.54, 1.807) is 0 Å². The summed E-state index contributed by atoms with van der Waals surface area (Å²) < 4.78 is 5.52. The molecule has 1 aliphatic rings. The molecule has 1 atom stereocenters. The first kappa shape index (κ1) is 12.0. The van der Waals surface area contributed by atoms with Crippen LogP contribution in [0.1, 0.15) is 45.4 Å². The van der Waals surface area contributed by atoms with Crippen LogP contribution in [0.5, 0.6) is 0 Å². The standard InChI is InChI=1S/C12H25NO/c1-2-3-4-5-6-7-12-10-13-8-9-14-11-12/h12-13H,2-11H2,1H3. The summed E-state index contributed by atoms with van der Waals surface area (Å²) in [5, 5.41) is 3.42. The molecule has 1 rings (SSSR count). The lowest BCUT2D eigenvalue weighted by Crippen LogP contribution is -2.22. The summed E-state index contributed by atoms with van der Waals surface area (Å²) in [6, 6.07) is 0. The molecular weight excluding hydrogens is 174 g/mol. The monoisotopic (exact) mass is 199 g/mol. The van der Waals surface area contributed by atoms with E-state index >= 15 is 0 Å². The maximum absolute atomic E-state index is 5.52. The summed E-state index contributed by atoms with van der Waals surface area (Å²) in [5.74, 6) is 0.763. The summed E-state index contributed by atoms with van der Waals surface area (Å²) in [6.07, 6.45) is 8.29. The van der Waals surface area contributed by atoms with Crippen LogP contribution < -0.4 is 5.32 Å². The molecule has 1 saturated heterocycles. The molecule has 1 N–H and O–H groups in total. The molecule has 0 spiro atoms. The fourth-order valence-corrected chi connectivity index (χ4v) is 1.98. The molecule has 0 aromatic heterocycles. The van der Waals surface area contributed by atoms with Crippen molar-refractivity contribution in [2.24, 2.45) is 5.92 Å². The van der Waals surface area contributed by atoms with Gasteiger partial charge in [-0.25, -0.2) is 0 Å². The van der Waals surface area contributed by atoms with Crippen molar-refractivity contribution in [1.29, 1.82) is 0 Å². The molecule has 1 fully saturated rings. The van der Waals surface area contributed by atoms with Gasteiger partial charge in [-0.3, -0.25) is 0 Å². The molecule has 0 aliphatic carbocycles. The molecule has 0 aromatic rings. The smallest absolute Gasteiger partial charge is 0.0591 e. The fraction of sp³-hybridized carbons (Fsp3) is 1.00. The van der Waals surface area contributed by atoms with Crippen molar-refractivity contribution < 1.29 is 4.74 Å². The molecule has 2 heteroatoms. The van der Waals surface area contributed by atoms with Gasteiger partial charge in [-0.1, -0.05) is 39.0 Å². The number of hydrogen-bond donors (Lipinski definition) is 1. The van der Waals surface area contributed by atoms with Crippen LogP contribution in [0.2, 0.25) is 0 Å². The third kappa shape index (κ3) is 5.61. The van der Waals surface area contributed by atoms with Crippen molar-refractivity contribution in [3.05, 3.63) is 0 Å². The maximum Gasteiger partial charge on any atom is 0.0591 e. The maximum atomic E-state index is 5.52. The third-order valence-electron chi connectivity index (χ3n) is 2.93.